The van der Waals surface area contributed by atoms with Gasteiger partial charge >= 0.3 is 6.09 Å². The fourth-order valence-electron chi connectivity index (χ4n) is 2.00. The van der Waals surface area contributed by atoms with Crippen LogP contribution in [0.2, 0.25) is 0 Å². The van der Waals surface area contributed by atoms with E-state index < -0.39 is 5.60 Å². The van der Waals surface area contributed by atoms with Crippen LogP contribution >= 0.6 is 0 Å². The summed E-state index contributed by atoms with van der Waals surface area (Å²) in [6, 6.07) is 0.0389. The van der Waals surface area contributed by atoms with E-state index in [0.29, 0.717) is 5.92 Å². The van der Waals surface area contributed by atoms with Crippen molar-refractivity contribution in [3.63, 3.8) is 0 Å². The van der Waals surface area contributed by atoms with Gasteiger partial charge in [-0.2, -0.15) is 0 Å². The number of carbonyl (C=O) groups excluding carboxylic acids is 1. The Morgan fingerprint density at radius 2 is 2.18 bits per heavy atom. The summed E-state index contributed by atoms with van der Waals surface area (Å²) in [6.45, 7) is 8.42. The van der Waals surface area contributed by atoms with E-state index >= 15 is 0 Å². The van der Waals surface area contributed by atoms with Crippen LogP contribution in [0.25, 0.3) is 0 Å². The summed E-state index contributed by atoms with van der Waals surface area (Å²) in [7, 11) is 0. The van der Waals surface area contributed by atoms with E-state index in [1.807, 2.05) is 26.8 Å². The molecule has 0 saturated carbocycles. The van der Waals surface area contributed by atoms with Crippen LogP contribution in [0, 0.1) is 5.92 Å². The van der Waals surface area contributed by atoms with Crippen LogP contribution in [0.5, 0.6) is 0 Å². The minimum absolute atomic E-state index is 0.00534. The average molecular weight is 241 g/mol. The number of hydrogen-bond acceptors (Lipinski definition) is 3. The molecular weight excluding hydrogens is 218 g/mol. The zero-order chi connectivity index (χ0) is 13.1. The van der Waals surface area contributed by atoms with E-state index in [1.54, 1.807) is 11.0 Å². The van der Waals surface area contributed by atoms with Gasteiger partial charge in [-0.3, -0.25) is 0 Å². The van der Waals surface area contributed by atoms with E-state index in [0.717, 1.165) is 13.0 Å². The van der Waals surface area contributed by atoms with E-state index in [4.69, 9.17) is 9.84 Å². The topological polar surface area (TPSA) is 49.8 Å². The Bertz CT molecular complexity index is 294. The smallest absolute Gasteiger partial charge is 0.410 e. The summed E-state index contributed by atoms with van der Waals surface area (Å²) < 4.78 is 5.37. The second-order valence-electron chi connectivity index (χ2n) is 5.54. The van der Waals surface area contributed by atoms with Crippen molar-refractivity contribution in [1.82, 2.24) is 4.90 Å². The van der Waals surface area contributed by atoms with E-state index in [9.17, 15) is 4.79 Å². The largest absolute Gasteiger partial charge is 0.444 e. The highest BCUT2D eigenvalue weighted by Gasteiger charge is 2.35. The molecule has 0 radical (unpaired) electrons. The molecular formula is C13H23NO3. The average Bonchev–Trinajstić information content (AvgIpc) is 2.54. The number of aliphatic hydroxyl groups excluding tert-OH is 1. The number of aliphatic hydroxyl groups is 1. The number of rotatable bonds is 2. The molecule has 0 aliphatic carbocycles. The van der Waals surface area contributed by atoms with Crippen LogP contribution in [0.1, 0.15) is 34.1 Å². The first-order valence-electron chi connectivity index (χ1n) is 6.12. The van der Waals surface area contributed by atoms with Crippen molar-refractivity contribution in [3.05, 3.63) is 12.2 Å². The van der Waals surface area contributed by atoms with Crippen LogP contribution in [-0.2, 0) is 4.74 Å². The minimum atomic E-state index is -0.464. The maximum Gasteiger partial charge on any atom is 0.410 e. The van der Waals surface area contributed by atoms with Crippen LogP contribution in [0.3, 0.4) is 0 Å². The third kappa shape index (κ3) is 4.04. The molecule has 17 heavy (non-hydrogen) atoms. The Morgan fingerprint density at radius 3 is 2.71 bits per heavy atom. The quantitative estimate of drug-likeness (QED) is 0.754. The predicted molar refractivity (Wildman–Crippen MR) is 66.7 cm³/mol. The molecule has 2 atom stereocenters. The molecule has 1 amide bonds. The van der Waals surface area contributed by atoms with Gasteiger partial charge in [0, 0.05) is 6.54 Å². The Balaban J connectivity index is 2.68. The fourth-order valence-corrected chi connectivity index (χ4v) is 2.00. The Hall–Kier alpha value is -1.03. The standard InChI is InChI=1S/C13H23NO3/c1-10-7-8-14(11(10)6-5-9-15)12(16)17-13(2,3)4/h5-6,10-11,15H,7-9H2,1-4H3/b6-5+. The molecule has 1 aliphatic rings. The van der Waals surface area contributed by atoms with Crippen LogP contribution < -0.4 is 0 Å². The van der Waals surface area contributed by atoms with E-state index in [1.165, 1.54) is 0 Å². The summed E-state index contributed by atoms with van der Waals surface area (Å²) in [5, 5.41) is 8.80. The Kier molecular flexibility index (Phi) is 4.57. The van der Waals surface area contributed by atoms with Crippen molar-refractivity contribution in [1.29, 1.82) is 0 Å². The summed E-state index contributed by atoms with van der Waals surface area (Å²) in [5.41, 5.74) is -0.464. The SMILES string of the molecule is CC1CCN(C(=O)OC(C)(C)C)C1/C=C/CO. The monoisotopic (exact) mass is 241 g/mol. The molecule has 2 unspecified atom stereocenters. The van der Waals surface area contributed by atoms with E-state index in [2.05, 4.69) is 6.92 Å². The van der Waals surface area contributed by atoms with Gasteiger partial charge in [-0.05, 0) is 33.1 Å². The second kappa shape index (κ2) is 5.54. The first kappa shape index (κ1) is 14.0. The van der Waals surface area contributed by atoms with Crippen LogP contribution in [0.15, 0.2) is 12.2 Å². The summed E-state index contributed by atoms with van der Waals surface area (Å²) in [4.78, 5) is 13.7. The lowest BCUT2D eigenvalue weighted by Gasteiger charge is -2.28. The number of likely N-dealkylation sites (tertiary alicyclic amines) is 1. The highest BCUT2D eigenvalue weighted by atomic mass is 16.6. The lowest BCUT2D eigenvalue weighted by molar-refractivity contribution is 0.0244. The molecule has 1 fully saturated rings. The molecule has 0 aromatic rings. The van der Waals surface area contributed by atoms with Crippen molar-refractivity contribution in [2.75, 3.05) is 13.2 Å². The maximum absolute atomic E-state index is 12.0. The van der Waals surface area contributed by atoms with Crippen molar-refractivity contribution < 1.29 is 14.6 Å². The van der Waals surface area contributed by atoms with Gasteiger partial charge in [0.25, 0.3) is 0 Å². The molecule has 1 saturated heterocycles. The summed E-state index contributed by atoms with van der Waals surface area (Å²) in [5.74, 6) is 0.408. The number of ether oxygens (including phenoxy) is 1. The predicted octanol–water partition coefficient (Wildman–Crippen LogP) is 2.18. The van der Waals surface area contributed by atoms with Crippen molar-refractivity contribution in [2.45, 2.75) is 45.8 Å². The molecule has 98 valence electrons. The van der Waals surface area contributed by atoms with Gasteiger partial charge in [-0.25, -0.2) is 4.79 Å². The fraction of sp³-hybridized carbons (Fsp3) is 0.769. The third-order valence-electron chi connectivity index (χ3n) is 2.83. The molecule has 1 heterocycles. The first-order chi connectivity index (χ1) is 7.85. The zero-order valence-corrected chi connectivity index (χ0v) is 11.1. The van der Waals surface area contributed by atoms with Crippen molar-refractivity contribution in [2.24, 2.45) is 5.92 Å². The molecule has 1 aliphatic heterocycles. The van der Waals surface area contributed by atoms with Gasteiger partial charge in [0.15, 0.2) is 0 Å². The van der Waals surface area contributed by atoms with Gasteiger partial charge in [0.1, 0.15) is 5.60 Å². The second-order valence-corrected chi connectivity index (χ2v) is 5.54. The molecule has 0 aromatic heterocycles. The van der Waals surface area contributed by atoms with Crippen LogP contribution in [-0.4, -0.2) is 40.9 Å². The molecule has 4 heteroatoms. The van der Waals surface area contributed by atoms with Gasteiger partial charge < -0.3 is 14.7 Å². The lowest BCUT2D eigenvalue weighted by Crippen LogP contribution is -2.40. The Morgan fingerprint density at radius 1 is 1.53 bits per heavy atom. The number of carbonyl (C=O) groups is 1. The highest BCUT2D eigenvalue weighted by Crippen LogP contribution is 2.26. The molecule has 4 nitrogen and oxygen atoms in total. The summed E-state index contributed by atoms with van der Waals surface area (Å²) in [6.07, 6.45) is 4.28. The van der Waals surface area contributed by atoms with Crippen LogP contribution in [0.4, 0.5) is 4.79 Å². The highest BCUT2D eigenvalue weighted by molar-refractivity contribution is 5.69. The molecule has 0 bridgehead atoms. The van der Waals surface area contributed by atoms with Gasteiger partial charge in [-0.15, -0.1) is 0 Å². The van der Waals surface area contributed by atoms with Crippen molar-refractivity contribution in [3.8, 4) is 0 Å². The van der Waals surface area contributed by atoms with Gasteiger partial charge in [0.2, 0.25) is 0 Å². The number of amides is 1. The van der Waals surface area contributed by atoms with E-state index in [-0.39, 0.29) is 18.7 Å². The van der Waals surface area contributed by atoms with Crippen molar-refractivity contribution >= 4 is 6.09 Å². The summed E-state index contributed by atoms with van der Waals surface area (Å²) >= 11 is 0. The third-order valence-corrected chi connectivity index (χ3v) is 2.83. The van der Waals surface area contributed by atoms with Gasteiger partial charge in [0.05, 0.1) is 12.6 Å². The zero-order valence-electron chi connectivity index (χ0n) is 11.1. The minimum Gasteiger partial charge on any atom is -0.444 e. The Labute approximate surface area is 103 Å². The first-order valence-corrected chi connectivity index (χ1v) is 6.12. The van der Waals surface area contributed by atoms with Gasteiger partial charge in [-0.1, -0.05) is 19.1 Å². The normalized spacial score (nSPS) is 25.6. The molecule has 1 rings (SSSR count). The molecule has 0 spiro atoms. The lowest BCUT2D eigenvalue weighted by atomic mass is 10.0. The molecule has 0 aromatic carbocycles. The number of hydrogen-bond donors (Lipinski definition) is 1. The maximum atomic E-state index is 12.0. The number of nitrogens with zero attached hydrogens (tertiary/aromatic N) is 1. The molecule has 1 N–H and O–H groups in total.